The Bertz CT molecular complexity index is 986. The van der Waals surface area contributed by atoms with Gasteiger partial charge >= 0.3 is 12.4 Å². The number of halogens is 9. The molecule has 13 heteroatoms. The number of rotatable bonds is 3. The molecule has 2 rings (SSSR count). The zero-order chi connectivity index (χ0) is 20.8. The molecule has 2 aromatic carbocycles. The lowest BCUT2D eigenvalue weighted by Crippen LogP contribution is -2.21. The van der Waals surface area contributed by atoms with Crippen LogP contribution in [0.4, 0.5) is 40.8 Å². The molecule has 0 radical (unpaired) electrons. The Hall–Kier alpha value is -1.64. The fourth-order valence-corrected chi connectivity index (χ4v) is 3.74. The van der Waals surface area contributed by atoms with Crippen LogP contribution >= 0.6 is 22.6 Å². The zero-order valence-electron chi connectivity index (χ0n) is 12.5. The second-order valence-electron chi connectivity index (χ2n) is 5.03. The molecule has 0 bridgehead atoms. The Labute approximate surface area is 160 Å². The van der Waals surface area contributed by atoms with E-state index in [-0.39, 0.29) is 18.2 Å². The van der Waals surface area contributed by atoms with Gasteiger partial charge in [-0.2, -0.15) is 26.3 Å². The van der Waals surface area contributed by atoms with Crippen molar-refractivity contribution in [3.8, 4) is 0 Å². The van der Waals surface area contributed by atoms with Gasteiger partial charge in [-0.3, -0.25) is 4.72 Å². The summed E-state index contributed by atoms with van der Waals surface area (Å²) in [5, 5.41) is 0. The van der Waals surface area contributed by atoms with Crippen molar-refractivity contribution in [2.24, 2.45) is 0 Å². The molecule has 0 aliphatic carbocycles. The van der Waals surface area contributed by atoms with Crippen LogP contribution in [0.3, 0.4) is 0 Å². The Morgan fingerprint density at radius 1 is 0.889 bits per heavy atom. The van der Waals surface area contributed by atoms with Crippen molar-refractivity contribution in [1.82, 2.24) is 0 Å². The summed E-state index contributed by atoms with van der Waals surface area (Å²) in [6, 6.07) is 1.05. The summed E-state index contributed by atoms with van der Waals surface area (Å²) in [5.74, 6) is -2.49. The van der Waals surface area contributed by atoms with Crippen LogP contribution in [0.25, 0.3) is 0 Å². The molecule has 0 aromatic heterocycles. The topological polar surface area (TPSA) is 46.2 Å². The molecule has 0 heterocycles. The first kappa shape index (κ1) is 21.7. The fourth-order valence-electron chi connectivity index (χ4n) is 1.96. The van der Waals surface area contributed by atoms with Gasteiger partial charge in [-0.05, 0) is 52.9 Å². The molecule has 0 fully saturated rings. The molecule has 0 unspecified atom stereocenters. The van der Waals surface area contributed by atoms with Gasteiger partial charge < -0.3 is 0 Å². The normalized spacial score (nSPS) is 12.9. The van der Waals surface area contributed by atoms with E-state index in [1.54, 1.807) is 0 Å². The Morgan fingerprint density at radius 3 is 2.00 bits per heavy atom. The smallest absolute Gasteiger partial charge is 0.277 e. The summed E-state index contributed by atoms with van der Waals surface area (Å²) >= 11 is 1.18. The third-order valence-corrected chi connectivity index (χ3v) is 5.58. The second kappa shape index (κ2) is 7.07. The van der Waals surface area contributed by atoms with Crippen LogP contribution in [0.15, 0.2) is 35.2 Å². The van der Waals surface area contributed by atoms with E-state index >= 15 is 0 Å². The van der Waals surface area contributed by atoms with Crippen molar-refractivity contribution >= 4 is 38.3 Å². The van der Waals surface area contributed by atoms with Crippen molar-refractivity contribution in [2.45, 2.75) is 17.2 Å². The lowest BCUT2D eigenvalue weighted by atomic mass is 10.1. The average Bonchev–Trinajstić information content (AvgIpc) is 2.53. The molecule has 0 aliphatic rings. The Kier molecular flexibility index (Phi) is 5.67. The van der Waals surface area contributed by atoms with Gasteiger partial charge in [-0.1, -0.05) is 0 Å². The van der Waals surface area contributed by atoms with Crippen LogP contribution < -0.4 is 4.72 Å². The van der Waals surface area contributed by atoms with Crippen molar-refractivity contribution in [3.05, 3.63) is 56.7 Å². The monoisotopic (exact) mass is 531 g/mol. The first-order valence-corrected chi connectivity index (χ1v) is 9.15. The number of anilines is 1. The lowest BCUT2D eigenvalue weighted by Gasteiger charge is -2.17. The predicted molar refractivity (Wildman–Crippen MR) is 86.3 cm³/mol. The number of hydrogen-bond donors (Lipinski definition) is 1. The maximum Gasteiger partial charge on any atom is 0.417 e. The summed E-state index contributed by atoms with van der Waals surface area (Å²) in [6.07, 6.45) is -10.4. The SMILES string of the molecule is O=S(=O)(Nc1ccc(F)c(I)c1F)c1cc(C(F)(F)F)ccc1C(F)(F)F. The quantitative estimate of drug-likeness (QED) is 0.328. The second-order valence-corrected chi connectivity index (χ2v) is 7.76. The van der Waals surface area contributed by atoms with Gasteiger partial charge in [0, 0.05) is 0 Å². The highest BCUT2D eigenvalue weighted by atomic mass is 127. The summed E-state index contributed by atoms with van der Waals surface area (Å²) in [4.78, 5) is -1.75. The average molecular weight is 531 g/mol. The number of hydrogen-bond acceptors (Lipinski definition) is 2. The zero-order valence-corrected chi connectivity index (χ0v) is 15.5. The van der Waals surface area contributed by atoms with E-state index < -0.39 is 59.3 Å². The van der Waals surface area contributed by atoms with E-state index in [2.05, 4.69) is 0 Å². The third-order valence-electron chi connectivity index (χ3n) is 3.18. The molecule has 0 atom stereocenters. The van der Waals surface area contributed by atoms with E-state index in [0.29, 0.717) is 12.1 Å². The van der Waals surface area contributed by atoms with E-state index in [9.17, 15) is 43.5 Å². The van der Waals surface area contributed by atoms with Gasteiger partial charge in [0.25, 0.3) is 10.0 Å². The van der Waals surface area contributed by atoms with Crippen molar-refractivity contribution in [2.75, 3.05) is 4.72 Å². The molecule has 0 spiro atoms. The summed E-state index contributed by atoms with van der Waals surface area (Å²) < 4.78 is 130. The van der Waals surface area contributed by atoms with Crippen LogP contribution in [0.2, 0.25) is 0 Å². The van der Waals surface area contributed by atoms with Gasteiger partial charge in [0.1, 0.15) is 10.7 Å². The van der Waals surface area contributed by atoms with Crippen LogP contribution in [-0.2, 0) is 22.4 Å². The molecule has 1 N–H and O–H groups in total. The molecule has 3 nitrogen and oxygen atoms in total. The lowest BCUT2D eigenvalue weighted by molar-refractivity contribution is -0.143. The van der Waals surface area contributed by atoms with E-state index in [0.717, 1.165) is 0 Å². The van der Waals surface area contributed by atoms with Crippen LogP contribution in [0.5, 0.6) is 0 Å². The summed E-state index contributed by atoms with van der Waals surface area (Å²) in [7, 11) is -5.30. The molecule has 27 heavy (non-hydrogen) atoms. The number of nitrogens with one attached hydrogen (secondary N) is 1. The molecular formula is C14H6F8INO2S. The van der Waals surface area contributed by atoms with Crippen LogP contribution in [-0.4, -0.2) is 8.42 Å². The van der Waals surface area contributed by atoms with E-state index in [1.165, 1.54) is 27.3 Å². The van der Waals surface area contributed by atoms with Crippen molar-refractivity contribution in [1.29, 1.82) is 0 Å². The minimum absolute atomic E-state index is 0.0395. The number of alkyl halides is 6. The molecule has 0 saturated carbocycles. The van der Waals surface area contributed by atoms with Gasteiger partial charge in [-0.25, -0.2) is 17.2 Å². The molecular weight excluding hydrogens is 525 g/mol. The minimum atomic E-state index is -5.30. The van der Waals surface area contributed by atoms with E-state index in [1.807, 2.05) is 0 Å². The predicted octanol–water partition coefficient (Wildman–Crippen LogP) is 5.41. The summed E-state index contributed by atoms with van der Waals surface area (Å²) in [5.41, 5.74) is -4.45. The van der Waals surface area contributed by atoms with Gasteiger partial charge in [-0.15, -0.1) is 0 Å². The highest BCUT2D eigenvalue weighted by molar-refractivity contribution is 14.1. The minimum Gasteiger partial charge on any atom is -0.277 e. The maximum atomic E-state index is 13.9. The van der Waals surface area contributed by atoms with Gasteiger partial charge in [0.15, 0.2) is 5.82 Å². The largest absolute Gasteiger partial charge is 0.417 e. The molecule has 148 valence electrons. The van der Waals surface area contributed by atoms with Gasteiger partial charge in [0.2, 0.25) is 0 Å². The van der Waals surface area contributed by atoms with Gasteiger partial charge in [0.05, 0.1) is 20.4 Å². The van der Waals surface area contributed by atoms with Crippen molar-refractivity contribution < 1.29 is 43.5 Å². The third kappa shape index (κ3) is 4.62. The Balaban J connectivity index is 2.65. The standard InChI is InChI=1S/C14H6F8INO2S/c15-8-3-4-9(11(16)12(8)23)24-27(25,26)10-5-6(13(17,18)19)1-2-7(10)14(20,21)22/h1-5,24H. The molecule has 0 saturated heterocycles. The van der Waals surface area contributed by atoms with E-state index in [4.69, 9.17) is 0 Å². The van der Waals surface area contributed by atoms with Crippen LogP contribution in [0.1, 0.15) is 11.1 Å². The molecule has 0 amide bonds. The highest BCUT2D eigenvalue weighted by Crippen LogP contribution is 2.39. The summed E-state index contributed by atoms with van der Waals surface area (Å²) in [6.45, 7) is 0. The fraction of sp³-hybridized carbons (Fsp3) is 0.143. The highest BCUT2D eigenvalue weighted by Gasteiger charge is 2.40. The maximum absolute atomic E-state index is 13.9. The Morgan fingerprint density at radius 2 is 1.48 bits per heavy atom. The number of benzene rings is 2. The van der Waals surface area contributed by atoms with Crippen molar-refractivity contribution in [3.63, 3.8) is 0 Å². The first-order chi connectivity index (χ1) is 12.1. The molecule has 0 aliphatic heterocycles. The first-order valence-electron chi connectivity index (χ1n) is 6.59. The molecule has 2 aromatic rings. The number of sulfonamides is 1. The van der Waals surface area contributed by atoms with Crippen LogP contribution in [0, 0.1) is 15.2 Å².